The maximum atomic E-state index is 13.4. The molecule has 4 rings (SSSR count). The van der Waals surface area contributed by atoms with Crippen LogP contribution < -0.4 is 0 Å². The van der Waals surface area contributed by atoms with E-state index in [0.717, 1.165) is 30.5 Å². The second-order valence-electron chi connectivity index (χ2n) is 8.33. The number of rotatable bonds is 2. The Kier molecular flexibility index (Phi) is 4.70. The summed E-state index contributed by atoms with van der Waals surface area (Å²) < 4.78 is 14.5. The smallest absolute Gasteiger partial charge is 0.123 e. The summed E-state index contributed by atoms with van der Waals surface area (Å²) in [6.45, 7) is 7.90. The van der Waals surface area contributed by atoms with Crippen LogP contribution in [0.5, 0.6) is 0 Å². The van der Waals surface area contributed by atoms with Crippen LogP contribution in [-0.4, -0.2) is 42.0 Å². The van der Waals surface area contributed by atoms with Crippen molar-refractivity contribution in [3.63, 3.8) is 0 Å². The largest absolute Gasteiger partial charge is 0.299 e. The average Bonchev–Trinajstić information content (AvgIpc) is 2.96. The molecule has 2 atom stereocenters. The average molecular weight is 417 g/mol. The summed E-state index contributed by atoms with van der Waals surface area (Å²) in [4.78, 5) is 5.10. The molecule has 0 spiro atoms. The van der Waals surface area contributed by atoms with Gasteiger partial charge in [-0.3, -0.25) is 9.80 Å². The molecule has 1 heterocycles. The molecule has 1 saturated heterocycles. The summed E-state index contributed by atoms with van der Waals surface area (Å²) in [7, 11) is 2.22. The molecule has 0 amide bonds. The molecule has 2 nitrogen and oxygen atoms in total. The molecule has 0 aromatic heterocycles. The third-order valence-corrected chi connectivity index (χ3v) is 6.79. The number of halogens is 2. The van der Waals surface area contributed by atoms with E-state index in [9.17, 15) is 4.39 Å². The van der Waals surface area contributed by atoms with E-state index >= 15 is 0 Å². The highest BCUT2D eigenvalue weighted by Crippen LogP contribution is 2.48. The lowest BCUT2D eigenvalue weighted by molar-refractivity contribution is 0.0158. The molecule has 1 aliphatic carbocycles. The molecule has 0 N–H and O–H groups in total. The molecule has 2 aromatic carbocycles. The van der Waals surface area contributed by atoms with Crippen molar-refractivity contribution in [2.24, 2.45) is 0 Å². The van der Waals surface area contributed by atoms with Crippen LogP contribution in [0.1, 0.15) is 48.9 Å². The molecule has 138 valence electrons. The standard InChI is InChI=1S/C22H26BrFN2/c1-22(2)14-26(11-10-25(22)3)21-13-19(15-4-7-17(24)8-5-15)18-9-6-16(23)12-20(18)21/h4-9,12,19,21H,10-11,13-14H2,1-3H3. The molecule has 4 heteroatoms. The highest BCUT2D eigenvalue weighted by Gasteiger charge is 2.40. The van der Waals surface area contributed by atoms with Crippen molar-refractivity contribution in [2.45, 2.75) is 37.8 Å². The Labute approximate surface area is 164 Å². The number of fused-ring (bicyclic) bond motifs is 1. The third-order valence-electron chi connectivity index (χ3n) is 6.30. The first-order valence-electron chi connectivity index (χ1n) is 9.35. The van der Waals surface area contributed by atoms with E-state index in [1.54, 1.807) is 12.1 Å². The number of hydrogen-bond donors (Lipinski definition) is 0. The summed E-state index contributed by atoms with van der Waals surface area (Å²) in [5, 5.41) is 0. The number of likely N-dealkylation sites (N-methyl/N-ethyl adjacent to an activating group) is 1. The molecule has 0 radical (unpaired) electrons. The van der Waals surface area contributed by atoms with E-state index in [4.69, 9.17) is 0 Å². The maximum absolute atomic E-state index is 13.4. The second kappa shape index (κ2) is 6.74. The molecule has 0 saturated carbocycles. The van der Waals surface area contributed by atoms with Crippen LogP contribution >= 0.6 is 15.9 Å². The summed E-state index contributed by atoms with van der Waals surface area (Å²) in [6, 6.07) is 14.1. The Bertz CT molecular complexity index is 802. The normalized spacial score (nSPS) is 26.0. The molecule has 26 heavy (non-hydrogen) atoms. The van der Waals surface area contributed by atoms with E-state index in [-0.39, 0.29) is 11.4 Å². The molecular weight excluding hydrogens is 391 g/mol. The van der Waals surface area contributed by atoms with Crippen molar-refractivity contribution in [1.29, 1.82) is 0 Å². The summed E-state index contributed by atoms with van der Waals surface area (Å²) in [5.41, 5.74) is 4.21. The SMILES string of the molecule is CN1CCN(C2CC(c3ccc(F)cc3)c3ccc(Br)cc32)CC1(C)C. The molecule has 0 bridgehead atoms. The minimum Gasteiger partial charge on any atom is -0.299 e. The van der Waals surface area contributed by atoms with Gasteiger partial charge in [0.05, 0.1) is 0 Å². The van der Waals surface area contributed by atoms with E-state index < -0.39 is 0 Å². The van der Waals surface area contributed by atoms with Gasteiger partial charge in [0.15, 0.2) is 0 Å². The van der Waals surface area contributed by atoms with E-state index in [2.05, 4.69) is 64.8 Å². The molecule has 2 aliphatic rings. The predicted molar refractivity (Wildman–Crippen MR) is 108 cm³/mol. The Balaban J connectivity index is 1.69. The van der Waals surface area contributed by atoms with Gasteiger partial charge < -0.3 is 0 Å². The van der Waals surface area contributed by atoms with Crippen LogP contribution in [0.4, 0.5) is 4.39 Å². The number of piperazine rings is 1. The minimum absolute atomic E-state index is 0.167. The van der Waals surface area contributed by atoms with Crippen molar-refractivity contribution in [3.05, 3.63) is 69.4 Å². The Morgan fingerprint density at radius 1 is 1.04 bits per heavy atom. The van der Waals surface area contributed by atoms with Crippen molar-refractivity contribution in [1.82, 2.24) is 9.80 Å². The molecule has 1 aliphatic heterocycles. The zero-order valence-electron chi connectivity index (χ0n) is 15.7. The second-order valence-corrected chi connectivity index (χ2v) is 9.25. The van der Waals surface area contributed by atoms with Crippen molar-refractivity contribution in [2.75, 3.05) is 26.7 Å². The Morgan fingerprint density at radius 3 is 2.46 bits per heavy atom. The van der Waals surface area contributed by atoms with Gasteiger partial charge in [-0.15, -0.1) is 0 Å². The number of nitrogens with zero attached hydrogens (tertiary/aromatic N) is 2. The number of hydrogen-bond acceptors (Lipinski definition) is 2. The zero-order valence-corrected chi connectivity index (χ0v) is 17.3. The van der Waals surface area contributed by atoms with E-state index in [1.165, 1.54) is 16.7 Å². The minimum atomic E-state index is -0.167. The van der Waals surface area contributed by atoms with Gasteiger partial charge in [-0.2, -0.15) is 0 Å². The van der Waals surface area contributed by atoms with Gasteiger partial charge in [0.25, 0.3) is 0 Å². The van der Waals surface area contributed by atoms with Crippen LogP contribution in [-0.2, 0) is 0 Å². The lowest BCUT2D eigenvalue weighted by atomic mass is 9.93. The van der Waals surface area contributed by atoms with Crippen LogP contribution in [0.15, 0.2) is 46.9 Å². The fourth-order valence-corrected chi connectivity index (χ4v) is 4.91. The van der Waals surface area contributed by atoms with Gasteiger partial charge in [0, 0.05) is 41.6 Å². The monoisotopic (exact) mass is 416 g/mol. The van der Waals surface area contributed by atoms with Crippen molar-refractivity contribution < 1.29 is 4.39 Å². The van der Waals surface area contributed by atoms with Crippen LogP contribution in [0.25, 0.3) is 0 Å². The van der Waals surface area contributed by atoms with Gasteiger partial charge in [-0.05, 0) is 68.3 Å². The quantitative estimate of drug-likeness (QED) is 0.664. The van der Waals surface area contributed by atoms with Crippen LogP contribution in [0, 0.1) is 5.82 Å². The lowest BCUT2D eigenvalue weighted by Crippen LogP contribution is -2.58. The van der Waals surface area contributed by atoms with Crippen molar-refractivity contribution >= 4 is 15.9 Å². The highest BCUT2D eigenvalue weighted by molar-refractivity contribution is 9.10. The number of benzene rings is 2. The van der Waals surface area contributed by atoms with Gasteiger partial charge in [-0.1, -0.05) is 34.1 Å². The molecule has 2 aromatic rings. The van der Waals surface area contributed by atoms with Gasteiger partial charge >= 0.3 is 0 Å². The van der Waals surface area contributed by atoms with Crippen LogP contribution in [0.3, 0.4) is 0 Å². The first-order chi connectivity index (χ1) is 12.3. The van der Waals surface area contributed by atoms with Crippen LogP contribution in [0.2, 0.25) is 0 Å². The summed E-state index contributed by atoms with van der Waals surface area (Å²) in [5.74, 6) is 0.173. The molecule has 2 unspecified atom stereocenters. The van der Waals surface area contributed by atoms with Gasteiger partial charge in [0.2, 0.25) is 0 Å². The van der Waals surface area contributed by atoms with E-state index in [0.29, 0.717) is 12.0 Å². The maximum Gasteiger partial charge on any atom is 0.123 e. The van der Waals surface area contributed by atoms with Crippen molar-refractivity contribution in [3.8, 4) is 0 Å². The van der Waals surface area contributed by atoms with E-state index in [1.807, 2.05) is 12.1 Å². The molecule has 1 fully saturated rings. The fourth-order valence-electron chi connectivity index (χ4n) is 4.53. The predicted octanol–water partition coefficient (Wildman–Crippen LogP) is 5.19. The van der Waals surface area contributed by atoms with Gasteiger partial charge in [-0.25, -0.2) is 4.39 Å². The first kappa shape index (κ1) is 18.1. The lowest BCUT2D eigenvalue weighted by Gasteiger charge is -2.47. The summed E-state index contributed by atoms with van der Waals surface area (Å²) in [6.07, 6.45) is 1.07. The summed E-state index contributed by atoms with van der Waals surface area (Å²) >= 11 is 3.66. The fraction of sp³-hybridized carbons (Fsp3) is 0.455. The molecular formula is C22H26BrFN2. The Morgan fingerprint density at radius 2 is 1.77 bits per heavy atom. The third kappa shape index (κ3) is 3.23. The first-order valence-corrected chi connectivity index (χ1v) is 10.1. The zero-order chi connectivity index (χ0) is 18.5. The topological polar surface area (TPSA) is 6.48 Å². The highest BCUT2D eigenvalue weighted by atomic mass is 79.9. The van der Waals surface area contributed by atoms with Gasteiger partial charge in [0.1, 0.15) is 5.82 Å². The Hall–Kier alpha value is -1.23.